The number of rotatable bonds is 4. The zero-order valence-corrected chi connectivity index (χ0v) is 7.18. The van der Waals surface area contributed by atoms with Crippen LogP contribution >= 0.6 is 0 Å². The van der Waals surface area contributed by atoms with Crippen molar-refractivity contribution in [2.24, 2.45) is 0 Å². The van der Waals surface area contributed by atoms with Crippen LogP contribution in [0, 0.1) is 0 Å². The molecule has 0 aliphatic rings. The summed E-state index contributed by atoms with van der Waals surface area (Å²) in [5, 5.41) is 17.1. The number of carboxylic acid groups (broad SMARTS) is 2. The Morgan fingerprint density at radius 1 is 1.43 bits per heavy atom. The molecule has 0 unspecified atom stereocenters. The number of hydrogen-bond donors (Lipinski definition) is 2. The van der Waals surface area contributed by atoms with Crippen molar-refractivity contribution < 1.29 is 29.0 Å². The molecular formula is C7H7NO6. The van der Waals surface area contributed by atoms with Gasteiger partial charge in [0.05, 0.1) is 0 Å². The van der Waals surface area contributed by atoms with Crippen molar-refractivity contribution in [2.75, 3.05) is 7.11 Å². The Kier molecular flexibility index (Phi) is 2.82. The molecule has 1 aromatic heterocycles. The number of ether oxygens (including phenoxy) is 1. The number of aromatic carboxylic acids is 2. The molecule has 0 radical (unpaired) electrons. The molecule has 0 amide bonds. The van der Waals surface area contributed by atoms with E-state index < -0.39 is 23.4 Å². The van der Waals surface area contributed by atoms with Crippen molar-refractivity contribution in [1.82, 2.24) is 4.98 Å². The molecule has 0 aromatic carbocycles. The van der Waals surface area contributed by atoms with Gasteiger partial charge in [-0.05, 0) is 0 Å². The zero-order valence-electron chi connectivity index (χ0n) is 7.18. The van der Waals surface area contributed by atoms with Gasteiger partial charge in [0, 0.05) is 7.11 Å². The van der Waals surface area contributed by atoms with Crippen LogP contribution in [-0.4, -0.2) is 34.2 Å². The van der Waals surface area contributed by atoms with Gasteiger partial charge in [0.25, 0.3) is 0 Å². The third-order valence-corrected chi connectivity index (χ3v) is 1.34. The van der Waals surface area contributed by atoms with E-state index in [1.54, 1.807) is 0 Å². The lowest BCUT2D eigenvalue weighted by molar-refractivity contribution is 0.0620. The molecule has 0 spiro atoms. The summed E-state index contributed by atoms with van der Waals surface area (Å²) in [7, 11) is 1.35. The smallest absolute Gasteiger partial charge is 0.374 e. The van der Waals surface area contributed by atoms with E-state index in [-0.39, 0.29) is 12.5 Å². The Hall–Kier alpha value is -1.89. The van der Waals surface area contributed by atoms with E-state index in [1.165, 1.54) is 7.11 Å². The first kappa shape index (κ1) is 10.2. The van der Waals surface area contributed by atoms with Gasteiger partial charge in [-0.2, -0.15) is 0 Å². The summed E-state index contributed by atoms with van der Waals surface area (Å²) in [6, 6.07) is 0. The topological polar surface area (TPSA) is 110 Å². The maximum Gasteiger partial charge on any atom is 0.374 e. The van der Waals surface area contributed by atoms with Crippen LogP contribution < -0.4 is 0 Å². The lowest BCUT2D eigenvalue weighted by atomic mass is 10.3. The lowest BCUT2D eigenvalue weighted by Gasteiger charge is -1.88. The number of aromatic nitrogens is 1. The molecule has 1 rings (SSSR count). The van der Waals surface area contributed by atoms with E-state index in [2.05, 4.69) is 14.1 Å². The largest absolute Gasteiger partial charge is 0.476 e. The molecule has 0 bridgehead atoms. The highest BCUT2D eigenvalue weighted by atomic mass is 16.5. The average Bonchev–Trinajstić information content (AvgIpc) is 2.49. The first-order chi connectivity index (χ1) is 6.56. The highest BCUT2D eigenvalue weighted by Crippen LogP contribution is 2.11. The molecule has 0 fully saturated rings. The number of hydrogen-bond acceptors (Lipinski definition) is 5. The van der Waals surface area contributed by atoms with Crippen LogP contribution in [0.5, 0.6) is 0 Å². The minimum Gasteiger partial charge on any atom is -0.476 e. The normalized spacial score (nSPS) is 10.1. The maximum absolute atomic E-state index is 10.5. The number of carboxylic acids is 2. The fourth-order valence-electron chi connectivity index (χ4n) is 0.840. The van der Waals surface area contributed by atoms with Crippen LogP contribution in [0.2, 0.25) is 0 Å². The molecule has 0 atom stereocenters. The van der Waals surface area contributed by atoms with Gasteiger partial charge in [-0.3, -0.25) is 0 Å². The van der Waals surface area contributed by atoms with Crippen LogP contribution in [0.1, 0.15) is 26.9 Å². The Bertz CT molecular complexity index is 337. The summed E-state index contributed by atoms with van der Waals surface area (Å²) >= 11 is 0. The van der Waals surface area contributed by atoms with Crippen molar-refractivity contribution in [1.29, 1.82) is 0 Å². The van der Waals surface area contributed by atoms with Crippen molar-refractivity contribution in [2.45, 2.75) is 6.61 Å². The summed E-state index contributed by atoms with van der Waals surface area (Å²) in [4.78, 5) is 24.5. The predicted molar refractivity (Wildman–Crippen MR) is 41.1 cm³/mol. The molecule has 0 aliphatic heterocycles. The molecule has 2 N–H and O–H groups in total. The summed E-state index contributed by atoms with van der Waals surface area (Å²) in [6.07, 6.45) is 0. The summed E-state index contributed by atoms with van der Waals surface area (Å²) in [6.45, 7) is -0.0758. The van der Waals surface area contributed by atoms with E-state index in [0.29, 0.717) is 0 Å². The average molecular weight is 201 g/mol. The molecule has 7 nitrogen and oxygen atoms in total. The third kappa shape index (κ3) is 1.88. The van der Waals surface area contributed by atoms with Crippen LogP contribution in [0.25, 0.3) is 0 Å². The number of carbonyl (C=O) groups is 2. The third-order valence-electron chi connectivity index (χ3n) is 1.34. The second-order valence-electron chi connectivity index (χ2n) is 2.33. The molecule has 1 heterocycles. The molecule has 0 aliphatic carbocycles. The predicted octanol–water partition coefficient (Wildman–Crippen LogP) is 0.217. The van der Waals surface area contributed by atoms with Gasteiger partial charge in [-0.1, -0.05) is 0 Å². The van der Waals surface area contributed by atoms with E-state index in [1.807, 2.05) is 0 Å². The van der Waals surface area contributed by atoms with Gasteiger partial charge < -0.3 is 19.4 Å². The molecule has 14 heavy (non-hydrogen) atoms. The Morgan fingerprint density at radius 2 is 2.07 bits per heavy atom. The summed E-state index contributed by atoms with van der Waals surface area (Å²) in [5.41, 5.74) is -0.621. The Morgan fingerprint density at radius 3 is 2.43 bits per heavy atom. The quantitative estimate of drug-likeness (QED) is 0.716. The lowest BCUT2D eigenvalue weighted by Crippen LogP contribution is -2.05. The number of methoxy groups -OCH3 is 1. The molecule has 0 saturated carbocycles. The minimum absolute atomic E-state index is 0.0758. The Balaban J connectivity index is 3.12. The van der Waals surface area contributed by atoms with E-state index in [0.717, 1.165) is 0 Å². The summed E-state index contributed by atoms with van der Waals surface area (Å²) in [5.74, 6) is -3.70. The Labute approximate surface area is 77.9 Å². The number of nitrogens with zero attached hydrogens (tertiary/aromatic N) is 1. The van der Waals surface area contributed by atoms with Crippen molar-refractivity contribution >= 4 is 11.9 Å². The SMILES string of the molecule is COCc1nc(C(=O)O)c(C(=O)O)o1. The molecular weight excluding hydrogens is 194 g/mol. The van der Waals surface area contributed by atoms with Crippen LogP contribution in [0.3, 0.4) is 0 Å². The molecule has 76 valence electrons. The van der Waals surface area contributed by atoms with Crippen molar-refractivity contribution in [3.63, 3.8) is 0 Å². The van der Waals surface area contributed by atoms with Crippen molar-refractivity contribution in [3.05, 3.63) is 17.3 Å². The van der Waals surface area contributed by atoms with Gasteiger partial charge in [-0.15, -0.1) is 0 Å². The molecule has 0 saturated heterocycles. The minimum atomic E-state index is -1.47. The second kappa shape index (κ2) is 3.88. The van der Waals surface area contributed by atoms with Crippen LogP contribution in [0.4, 0.5) is 0 Å². The van der Waals surface area contributed by atoms with Crippen LogP contribution in [-0.2, 0) is 11.3 Å². The highest BCUT2D eigenvalue weighted by molar-refractivity contribution is 5.98. The first-order valence-electron chi connectivity index (χ1n) is 3.51. The maximum atomic E-state index is 10.5. The van der Waals surface area contributed by atoms with Crippen molar-refractivity contribution in [3.8, 4) is 0 Å². The zero-order chi connectivity index (χ0) is 10.7. The van der Waals surface area contributed by atoms with Gasteiger partial charge >= 0.3 is 11.9 Å². The monoisotopic (exact) mass is 201 g/mol. The fourth-order valence-corrected chi connectivity index (χ4v) is 0.840. The van der Waals surface area contributed by atoms with Crippen LogP contribution in [0.15, 0.2) is 4.42 Å². The van der Waals surface area contributed by atoms with Gasteiger partial charge in [0.2, 0.25) is 17.3 Å². The van der Waals surface area contributed by atoms with Gasteiger partial charge in [0.15, 0.2) is 0 Å². The second-order valence-corrected chi connectivity index (χ2v) is 2.33. The first-order valence-corrected chi connectivity index (χ1v) is 3.51. The molecule has 7 heteroatoms. The van der Waals surface area contributed by atoms with E-state index in [9.17, 15) is 9.59 Å². The van der Waals surface area contributed by atoms with E-state index in [4.69, 9.17) is 10.2 Å². The summed E-state index contributed by atoms with van der Waals surface area (Å²) < 4.78 is 9.28. The number of oxazole rings is 1. The van der Waals surface area contributed by atoms with Gasteiger partial charge in [-0.25, -0.2) is 14.6 Å². The fraction of sp³-hybridized carbons (Fsp3) is 0.286. The van der Waals surface area contributed by atoms with Gasteiger partial charge in [0.1, 0.15) is 6.61 Å². The standard InChI is InChI=1S/C7H7NO6/c1-13-2-3-8-4(6(9)10)5(14-3)7(11)12/h2H2,1H3,(H,9,10)(H,11,12). The highest BCUT2D eigenvalue weighted by Gasteiger charge is 2.24. The van der Waals surface area contributed by atoms with E-state index >= 15 is 0 Å². The molecule has 1 aromatic rings.